The number of urea groups is 2. The molecule has 1 fully saturated rings. The summed E-state index contributed by atoms with van der Waals surface area (Å²) < 4.78 is 0. The average molecular weight is 171 g/mol. The normalized spacial score (nSPS) is 20.3. The van der Waals surface area contributed by atoms with Crippen molar-refractivity contribution < 1.29 is 9.59 Å². The van der Waals surface area contributed by atoms with Crippen molar-refractivity contribution in [1.29, 1.82) is 0 Å². The van der Waals surface area contributed by atoms with E-state index < -0.39 is 12.1 Å². The highest BCUT2D eigenvalue weighted by Gasteiger charge is 2.06. The predicted molar refractivity (Wildman–Crippen MR) is 43.8 cm³/mol. The maximum absolute atomic E-state index is 10.8. The van der Waals surface area contributed by atoms with E-state index >= 15 is 0 Å². The van der Waals surface area contributed by atoms with Crippen molar-refractivity contribution in [2.24, 2.45) is 0 Å². The molecule has 1 heterocycles. The first-order chi connectivity index (χ1) is 5.79. The molecule has 0 aromatic rings. The van der Waals surface area contributed by atoms with Crippen LogP contribution in [0.15, 0.2) is 0 Å². The molecule has 0 aromatic carbocycles. The third-order valence-corrected chi connectivity index (χ3v) is 1.65. The molecule has 68 valence electrons. The van der Waals surface area contributed by atoms with Gasteiger partial charge in [0.1, 0.15) is 0 Å². The number of carbonyl (C=O) groups is 2. The molecule has 0 radical (unpaired) electrons. The number of carbonyl (C=O) groups excluding carboxylic acids is 2. The average Bonchev–Trinajstić information content (AvgIpc) is 2.02. The molecule has 0 atom stereocenters. The molecule has 3 N–H and O–H groups in total. The van der Waals surface area contributed by atoms with Crippen molar-refractivity contribution in [2.75, 3.05) is 13.1 Å². The van der Waals surface area contributed by atoms with Crippen LogP contribution >= 0.6 is 0 Å². The van der Waals surface area contributed by atoms with Crippen LogP contribution in [0.2, 0.25) is 0 Å². The van der Waals surface area contributed by atoms with Gasteiger partial charge in [-0.25, -0.2) is 9.59 Å². The zero-order valence-electron chi connectivity index (χ0n) is 6.85. The maximum atomic E-state index is 10.8. The minimum Gasteiger partial charge on any atom is -0.338 e. The van der Waals surface area contributed by atoms with Gasteiger partial charge in [-0.15, -0.1) is 0 Å². The van der Waals surface area contributed by atoms with E-state index in [1.807, 2.05) is 0 Å². The Morgan fingerprint density at radius 3 is 1.83 bits per heavy atom. The second kappa shape index (κ2) is 4.58. The van der Waals surface area contributed by atoms with Gasteiger partial charge in [-0.05, 0) is 19.3 Å². The molecule has 0 aromatic heterocycles. The second-order valence-electron chi connectivity index (χ2n) is 2.70. The third-order valence-electron chi connectivity index (χ3n) is 1.65. The lowest BCUT2D eigenvalue weighted by atomic mass is 10.2. The summed E-state index contributed by atoms with van der Waals surface area (Å²) in [7, 11) is 0. The largest absolute Gasteiger partial charge is 0.338 e. The van der Waals surface area contributed by atoms with E-state index in [0.717, 1.165) is 19.3 Å². The molecule has 5 nitrogen and oxygen atoms in total. The zero-order chi connectivity index (χ0) is 8.81. The Morgan fingerprint density at radius 1 is 0.833 bits per heavy atom. The molecule has 1 rings (SSSR count). The van der Waals surface area contributed by atoms with Crippen LogP contribution in [0.5, 0.6) is 0 Å². The van der Waals surface area contributed by atoms with Crippen molar-refractivity contribution >= 4 is 12.1 Å². The number of hydrogen-bond acceptors (Lipinski definition) is 2. The molecule has 12 heavy (non-hydrogen) atoms. The summed E-state index contributed by atoms with van der Waals surface area (Å²) in [6.07, 6.45) is 2.95. The molecule has 0 aliphatic carbocycles. The van der Waals surface area contributed by atoms with E-state index in [1.54, 1.807) is 0 Å². The van der Waals surface area contributed by atoms with E-state index in [1.165, 1.54) is 0 Å². The highest BCUT2D eigenvalue weighted by atomic mass is 16.2. The van der Waals surface area contributed by atoms with E-state index in [0.29, 0.717) is 13.1 Å². The number of rotatable bonds is 0. The molecule has 1 saturated heterocycles. The van der Waals surface area contributed by atoms with E-state index in [4.69, 9.17) is 0 Å². The molecule has 1 aliphatic rings. The Hall–Kier alpha value is -1.26. The van der Waals surface area contributed by atoms with Gasteiger partial charge in [0.05, 0.1) is 0 Å². The molecule has 5 heteroatoms. The van der Waals surface area contributed by atoms with Gasteiger partial charge < -0.3 is 10.6 Å². The fourth-order valence-corrected chi connectivity index (χ4v) is 1.02. The minimum absolute atomic E-state index is 0.422. The lowest BCUT2D eigenvalue weighted by Crippen LogP contribution is -2.45. The minimum atomic E-state index is -0.422. The first-order valence-electron chi connectivity index (χ1n) is 4.12. The molecule has 0 spiro atoms. The predicted octanol–water partition coefficient (Wildman–Crippen LogP) is 0.179. The van der Waals surface area contributed by atoms with Gasteiger partial charge in [-0.2, -0.15) is 0 Å². The van der Waals surface area contributed by atoms with Crippen molar-refractivity contribution in [3.8, 4) is 0 Å². The van der Waals surface area contributed by atoms with Crippen LogP contribution in [0.4, 0.5) is 9.59 Å². The molecule has 1 aliphatic heterocycles. The summed E-state index contributed by atoms with van der Waals surface area (Å²) in [6.45, 7) is 1.28. The Kier molecular flexibility index (Phi) is 3.37. The quantitative estimate of drug-likeness (QED) is 0.486. The van der Waals surface area contributed by atoms with Gasteiger partial charge in [0, 0.05) is 13.1 Å². The fourth-order valence-electron chi connectivity index (χ4n) is 1.02. The van der Waals surface area contributed by atoms with Crippen LogP contribution in [0.25, 0.3) is 0 Å². The van der Waals surface area contributed by atoms with Crippen LogP contribution in [0.1, 0.15) is 19.3 Å². The summed E-state index contributed by atoms with van der Waals surface area (Å²) in [5.74, 6) is 0. The lowest BCUT2D eigenvalue weighted by molar-refractivity contribution is 0.226. The summed E-state index contributed by atoms with van der Waals surface area (Å²) in [5, 5.41) is 7.29. The van der Waals surface area contributed by atoms with E-state index in [-0.39, 0.29) is 0 Å². The van der Waals surface area contributed by atoms with Crippen LogP contribution in [0, 0.1) is 0 Å². The van der Waals surface area contributed by atoms with Gasteiger partial charge in [-0.3, -0.25) is 5.32 Å². The van der Waals surface area contributed by atoms with Crippen molar-refractivity contribution in [2.45, 2.75) is 19.3 Å². The molecular formula is C7H13N3O2. The Bertz CT molecular complexity index is 163. The summed E-state index contributed by atoms with van der Waals surface area (Å²) >= 11 is 0. The number of hydrogen-bond donors (Lipinski definition) is 3. The second-order valence-corrected chi connectivity index (χ2v) is 2.70. The van der Waals surface area contributed by atoms with Crippen LogP contribution in [-0.4, -0.2) is 25.2 Å². The van der Waals surface area contributed by atoms with Crippen LogP contribution < -0.4 is 16.0 Å². The molecule has 4 amide bonds. The van der Waals surface area contributed by atoms with Crippen LogP contribution in [0.3, 0.4) is 0 Å². The molecular weight excluding hydrogens is 158 g/mol. The first kappa shape index (κ1) is 8.83. The number of amides is 4. The maximum Gasteiger partial charge on any atom is 0.322 e. The highest BCUT2D eigenvalue weighted by Crippen LogP contribution is 1.93. The van der Waals surface area contributed by atoms with Crippen molar-refractivity contribution in [1.82, 2.24) is 16.0 Å². The summed E-state index contributed by atoms with van der Waals surface area (Å²) in [6, 6.07) is -0.844. The monoisotopic (exact) mass is 171 g/mol. The zero-order valence-corrected chi connectivity index (χ0v) is 6.85. The van der Waals surface area contributed by atoms with Gasteiger partial charge in [0.15, 0.2) is 0 Å². The van der Waals surface area contributed by atoms with Gasteiger partial charge in [-0.1, -0.05) is 0 Å². The first-order valence-corrected chi connectivity index (χ1v) is 4.12. The Labute approximate surface area is 70.9 Å². The highest BCUT2D eigenvalue weighted by molar-refractivity contribution is 5.93. The smallest absolute Gasteiger partial charge is 0.322 e. The summed E-state index contributed by atoms with van der Waals surface area (Å²) in [4.78, 5) is 21.7. The van der Waals surface area contributed by atoms with E-state index in [2.05, 4.69) is 16.0 Å². The van der Waals surface area contributed by atoms with Gasteiger partial charge >= 0.3 is 12.1 Å². The van der Waals surface area contributed by atoms with Crippen molar-refractivity contribution in [3.63, 3.8) is 0 Å². The SMILES string of the molecule is O=C1NCCCCCNC(=O)N1. The Balaban J connectivity index is 2.34. The van der Waals surface area contributed by atoms with Crippen LogP contribution in [-0.2, 0) is 0 Å². The molecule has 0 saturated carbocycles. The lowest BCUT2D eigenvalue weighted by Gasteiger charge is -2.10. The molecule has 0 unspecified atom stereocenters. The Morgan fingerprint density at radius 2 is 1.33 bits per heavy atom. The van der Waals surface area contributed by atoms with Gasteiger partial charge in [0.25, 0.3) is 0 Å². The standard InChI is InChI=1S/C7H13N3O2/c11-6-8-4-2-1-3-5-9-7(12)10-6/h1-5H2,(H3,8,9,10,11,12). The fraction of sp³-hybridized carbons (Fsp3) is 0.714. The van der Waals surface area contributed by atoms with Crippen molar-refractivity contribution in [3.05, 3.63) is 0 Å². The van der Waals surface area contributed by atoms with E-state index in [9.17, 15) is 9.59 Å². The van der Waals surface area contributed by atoms with Gasteiger partial charge in [0.2, 0.25) is 0 Å². The number of imide groups is 1. The topological polar surface area (TPSA) is 70.2 Å². The molecule has 0 bridgehead atoms. The third kappa shape index (κ3) is 3.23. The number of nitrogens with one attached hydrogen (secondary N) is 3. The summed E-state index contributed by atoms with van der Waals surface area (Å²) in [5.41, 5.74) is 0.